The summed E-state index contributed by atoms with van der Waals surface area (Å²) < 4.78 is 6.81. The molecule has 3 atom stereocenters. The number of β-lactam (4-membered cyclic amide) rings is 1. The van der Waals surface area contributed by atoms with Gasteiger partial charge in [0.15, 0.2) is 6.04 Å². The molecule has 3 amide bonds. The predicted octanol–water partition coefficient (Wildman–Crippen LogP) is -0.320. The van der Waals surface area contributed by atoms with Crippen molar-refractivity contribution in [2.45, 2.75) is 69.6 Å². The summed E-state index contributed by atoms with van der Waals surface area (Å²) in [6.07, 6.45) is 4.17. The first-order valence-electron chi connectivity index (χ1n) is 10.9. The topological polar surface area (TPSA) is 140 Å². The Morgan fingerprint density at radius 3 is 2.58 bits per heavy atom. The van der Waals surface area contributed by atoms with Crippen molar-refractivity contribution in [3.05, 3.63) is 17.3 Å². The molecule has 0 spiro atoms. The molecule has 178 valence electrons. The van der Waals surface area contributed by atoms with Gasteiger partial charge in [-0.25, -0.2) is 9.48 Å². The van der Waals surface area contributed by atoms with Gasteiger partial charge in [-0.05, 0) is 55.9 Å². The lowest BCUT2D eigenvalue weighted by molar-refractivity contribution is -0.170. The van der Waals surface area contributed by atoms with E-state index in [2.05, 4.69) is 20.8 Å². The molecule has 3 aliphatic heterocycles. The molecule has 0 aromatic carbocycles. The second kappa shape index (κ2) is 9.12. The van der Waals surface area contributed by atoms with E-state index in [-0.39, 0.29) is 18.0 Å². The highest BCUT2D eigenvalue weighted by molar-refractivity contribution is 8.03. The Balaban J connectivity index is 1.53. The molecule has 4 heterocycles. The zero-order valence-electron chi connectivity index (χ0n) is 18.8. The number of aromatic nitrogens is 4. The van der Waals surface area contributed by atoms with Gasteiger partial charge in [0.05, 0.1) is 5.57 Å². The van der Waals surface area contributed by atoms with Crippen LogP contribution in [-0.2, 0) is 30.5 Å². The van der Waals surface area contributed by atoms with Gasteiger partial charge in [0.25, 0.3) is 5.91 Å². The third-order valence-corrected chi connectivity index (χ3v) is 6.69. The highest BCUT2D eigenvalue weighted by atomic mass is 32.2. The molecule has 0 saturated carbocycles. The summed E-state index contributed by atoms with van der Waals surface area (Å²) in [5, 5.41) is 14.4. The number of nitrogens with zero attached hydrogens (tertiary/aromatic N) is 6. The summed E-state index contributed by atoms with van der Waals surface area (Å²) in [5.41, 5.74) is -0.552. The Kier molecular flexibility index (Phi) is 6.41. The maximum absolute atomic E-state index is 13.3. The van der Waals surface area contributed by atoms with Crippen molar-refractivity contribution in [1.29, 1.82) is 0 Å². The van der Waals surface area contributed by atoms with E-state index in [4.69, 9.17) is 4.74 Å². The molecule has 4 rings (SSSR count). The number of esters is 1. The summed E-state index contributed by atoms with van der Waals surface area (Å²) in [5.74, 6) is -1.79. The molecule has 2 unspecified atom stereocenters. The number of carbonyl (C=O) groups is 4. The fourth-order valence-electron chi connectivity index (χ4n) is 4.06. The molecule has 1 aromatic rings. The molecular formula is C20H27N7O5S. The van der Waals surface area contributed by atoms with E-state index in [1.165, 1.54) is 27.7 Å². The molecular weight excluding hydrogens is 450 g/mol. The smallest absolute Gasteiger partial charge is 0.334 e. The number of hydrogen-bond acceptors (Lipinski definition) is 9. The predicted molar refractivity (Wildman–Crippen MR) is 116 cm³/mol. The average Bonchev–Trinajstić information content (AvgIpc) is 3.28. The molecule has 0 radical (unpaired) electrons. The number of amides is 3. The zero-order chi connectivity index (χ0) is 23.8. The third-order valence-electron chi connectivity index (χ3n) is 5.52. The van der Waals surface area contributed by atoms with Crippen LogP contribution in [0.4, 0.5) is 0 Å². The summed E-state index contributed by atoms with van der Waals surface area (Å²) in [7, 11) is 0. The molecule has 1 N–H and O–H groups in total. The summed E-state index contributed by atoms with van der Waals surface area (Å²) in [6, 6.07) is -1.98. The molecule has 2 fully saturated rings. The van der Waals surface area contributed by atoms with Gasteiger partial charge < -0.3 is 19.9 Å². The second-order valence-electron chi connectivity index (χ2n) is 9.19. The van der Waals surface area contributed by atoms with Crippen LogP contribution in [0.3, 0.4) is 0 Å². The van der Waals surface area contributed by atoms with Crippen LogP contribution < -0.4 is 5.32 Å². The minimum absolute atomic E-state index is 0.141. The van der Waals surface area contributed by atoms with E-state index in [0.717, 1.165) is 19.3 Å². The number of carbonyl (C=O) groups excluding carboxylic acids is 4. The molecule has 33 heavy (non-hydrogen) atoms. The highest BCUT2D eigenvalue weighted by Gasteiger charge is 2.57. The number of hydrogen-bond donors (Lipinski definition) is 1. The Bertz CT molecular complexity index is 968. The second-order valence-corrected chi connectivity index (χ2v) is 10.2. The summed E-state index contributed by atoms with van der Waals surface area (Å²) in [6.45, 7) is 6.30. The SMILES string of the molecule is CC(C)(C)OC(=O)C1C(C(=O)N2CCCCC2)=CS[C@@H]2C(NC(=O)Cn3cnnn3)C(=O)N12. The van der Waals surface area contributed by atoms with Gasteiger partial charge in [-0.1, -0.05) is 0 Å². The fraction of sp³-hybridized carbons (Fsp3) is 0.650. The van der Waals surface area contributed by atoms with Crippen LogP contribution in [0.2, 0.25) is 0 Å². The number of ether oxygens (including phenoxy) is 1. The van der Waals surface area contributed by atoms with Crippen molar-refractivity contribution in [3.63, 3.8) is 0 Å². The minimum atomic E-state index is -1.15. The zero-order valence-corrected chi connectivity index (χ0v) is 19.6. The van der Waals surface area contributed by atoms with Crippen molar-refractivity contribution in [1.82, 2.24) is 35.3 Å². The van der Waals surface area contributed by atoms with Gasteiger partial charge in [-0.2, -0.15) is 0 Å². The number of piperidine rings is 1. The lowest BCUT2D eigenvalue weighted by Crippen LogP contribution is -2.74. The third kappa shape index (κ3) is 4.87. The lowest BCUT2D eigenvalue weighted by Gasteiger charge is -2.52. The first kappa shape index (κ1) is 23.2. The van der Waals surface area contributed by atoms with Crippen LogP contribution in [0, 0.1) is 0 Å². The van der Waals surface area contributed by atoms with E-state index in [9.17, 15) is 19.2 Å². The summed E-state index contributed by atoms with van der Waals surface area (Å²) >= 11 is 1.24. The van der Waals surface area contributed by atoms with E-state index >= 15 is 0 Å². The standard InChI is InChI=1S/C20H27N7O5S/c1-20(2,3)32-19(31)15-12(16(29)25-7-5-4-6-8-25)10-33-18-14(17(30)27(15)18)22-13(28)9-26-11-21-23-24-26/h10-11,14-15,18H,4-9H2,1-3H3,(H,22,28)/t14?,15?,18-/m1/s1. The van der Waals surface area contributed by atoms with Crippen LogP contribution in [0.1, 0.15) is 40.0 Å². The van der Waals surface area contributed by atoms with Crippen LogP contribution in [-0.4, -0.2) is 89.8 Å². The molecule has 1 aromatic heterocycles. The van der Waals surface area contributed by atoms with Gasteiger partial charge in [0.2, 0.25) is 11.8 Å². The van der Waals surface area contributed by atoms with Gasteiger partial charge in [-0.3, -0.25) is 14.4 Å². The van der Waals surface area contributed by atoms with Crippen LogP contribution in [0.5, 0.6) is 0 Å². The fourth-order valence-corrected chi connectivity index (χ4v) is 5.27. The van der Waals surface area contributed by atoms with E-state index in [1.807, 2.05) is 0 Å². The van der Waals surface area contributed by atoms with Crippen molar-refractivity contribution in [2.24, 2.45) is 0 Å². The van der Waals surface area contributed by atoms with Crippen molar-refractivity contribution in [3.8, 4) is 0 Å². The first-order chi connectivity index (χ1) is 15.7. The summed E-state index contributed by atoms with van der Waals surface area (Å²) in [4.78, 5) is 54.9. The molecule has 0 bridgehead atoms. The normalized spacial score (nSPS) is 25.0. The average molecular weight is 478 g/mol. The minimum Gasteiger partial charge on any atom is -0.458 e. The van der Waals surface area contributed by atoms with Crippen molar-refractivity contribution >= 4 is 35.5 Å². The van der Waals surface area contributed by atoms with Crippen LogP contribution in [0.25, 0.3) is 0 Å². The number of fused-ring (bicyclic) bond motifs is 1. The lowest BCUT2D eigenvalue weighted by atomic mass is 9.96. The number of rotatable bonds is 5. The van der Waals surface area contributed by atoms with Crippen molar-refractivity contribution in [2.75, 3.05) is 13.1 Å². The van der Waals surface area contributed by atoms with Gasteiger partial charge in [-0.15, -0.1) is 16.9 Å². The first-order valence-corrected chi connectivity index (χ1v) is 11.8. The van der Waals surface area contributed by atoms with E-state index < -0.39 is 40.8 Å². The van der Waals surface area contributed by atoms with Gasteiger partial charge in [0.1, 0.15) is 29.9 Å². The molecule has 13 heteroatoms. The number of nitrogens with one attached hydrogen (secondary N) is 1. The molecule has 0 aliphatic carbocycles. The van der Waals surface area contributed by atoms with Crippen LogP contribution in [0.15, 0.2) is 17.3 Å². The Morgan fingerprint density at radius 2 is 1.94 bits per heavy atom. The maximum Gasteiger partial charge on any atom is 0.334 e. The quantitative estimate of drug-likeness (QED) is 0.446. The van der Waals surface area contributed by atoms with Crippen LogP contribution >= 0.6 is 11.8 Å². The van der Waals surface area contributed by atoms with Gasteiger partial charge >= 0.3 is 5.97 Å². The molecule has 12 nitrogen and oxygen atoms in total. The maximum atomic E-state index is 13.3. The monoisotopic (exact) mass is 477 g/mol. The Hall–Kier alpha value is -2.96. The van der Waals surface area contributed by atoms with Crippen molar-refractivity contribution < 1.29 is 23.9 Å². The Labute approximate surface area is 195 Å². The number of likely N-dealkylation sites (tertiary alicyclic amines) is 1. The van der Waals surface area contributed by atoms with E-state index in [1.54, 1.807) is 31.1 Å². The highest BCUT2D eigenvalue weighted by Crippen LogP contribution is 2.41. The molecule has 2 saturated heterocycles. The number of tetrazole rings is 1. The van der Waals surface area contributed by atoms with E-state index in [0.29, 0.717) is 13.1 Å². The van der Waals surface area contributed by atoms with Gasteiger partial charge in [0, 0.05) is 13.1 Å². The number of thioether (sulfide) groups is 1. The Morgan fingerprint density at radius 1 is 1.21 bits per heavy atom. The largest absolute Gasteiger partial charge is 0.458 e. The molecule has 3 aliphatic rings.